The fourth-order valence-corrected chi connectivity index (χ4v) is 1.45. The second-order valence-electron chi connectivity index (χ2n) is 3.73. The van der Waals surface area contributed by atoms with E-state index in [4.69, 9.17) is 16.3 Å². The summed E-state index contributed by atoms with van der Waals surface area (Å²) in [6.07, 6.45) is 2.38. The van der Waals surface area contributed by atoms with E-state index in [9.17, 15) is 4.79 Å². The van der Waals surface area contributed by atoms with Gasteiger partial charge in [0, 0.05) is 12.2 Å². The summed E-state index contributed by atoms with van der Waals surface area (Å²) in [5.41, 5.74) is 1.08. The molecule has 17 heavy (non-hydrogen) atoms. The van der Waals surface area contributed by atoms with Crippen LogP contribution in [0.4, 0.5) is 5.69 Å². The minimum Gasteiger partial charge on any atom is -0.462 e. The molecule has 0 saturated carbocycles. The maximum absolute atomic E-state index is 11.7. The first-order valence-electron chi connectivity index (χ1n) is 5.67. The van der Waals surface area contributed by atoms with Crippen molar-refractivity contribution in [2.75, 3.05) is 11.9 Å². The lowest BCUT2D eigenvalue weighted by Gasteiger charge is -2.15. The second kappa shape index (κ2) is 6.45. The average Bonchev–Trinajstić information content (AvgIpc) is 2.29. The van der Waals surface area contributed by atoms with E-state index in [1.165, 1.54) is 6.20 Å². The van der Waals surface area contributed by atoms with Gasteiger partial charge in [-0.1, -0.05) is 18.5 Å². The first-order valence-corrected chi connectivity index (χ1v) is 6.05. The molecule has 0 amide bonds. The Morgan fingerprint density at radius 3 is 2.88 bits per heavy atom. The largest absolute Gasteiger partial charge is 0.462 e. The van der Waals surface area contributed by atoms with E-state index in [2.05, 4.69) is 17.2 Å². The Labute approximate surface area is 106 Å². The molecule has 1 rings (SSSR count). The third kappa shape index (κ3) is 3.89. The molecule has 1 aromatic heterocycles. The number of carbonyl (C=O) groups is 1. The molecular formula is C12H17ClN2O2. The lowest BCUT2D eigenvalue weighted by molar-refractivity contribution is 0.0527. The minimum absolute atomic E-state index is 0.252. The van der Waals surface area contributed by atoms with Crippen molar-refractivity contribution in [2.24, 2.45) is 0 Å². The summed E-state index contributed by atoms with van der Waals surface area (Å²) in [6.45, 7) is 6.20. The molecule has 0 spiro atoms. The highest BCUT2D eigenvalue weighted by atomic mass is 35.5. The third-order valence-corrected chi connectivity index (χ3v) is 2.59. The molecule has 1 aromatic rings. The maximum atomic E-state index is 11.7. The molecule has 0 aromatic carbocycles. The Hall–Kier alpha value is -1.29. The van der Waals surface area contributed by atoms with Crippen LogP contribution in [0.15, 0.2) is 12.3 Å². The molecule has 1 atom stereocenters. The molecule has 0 radical (unpaired) electrons. The fourth-order valence-electron chi connectivity index (χ4n) is 1.29. The van der Waals surface area contributed by atoms with E-state index in [0.29, 0.717) is 23.0 Å². The number of rotatable bonds is 5. The predicted molar refractivity (Wildman–Crippen MR) is 68.6 cm³/mol. The zero-order valence-corrected chi connectivity index (χ0v) is 11.0. The molecule has 94 valence electrons. The number of hydrogen-bond donors (Lipinski definition) is 1. The Balaban J connectivity index is 2.99. The van der Waals surface area contributed by atoms with Crippen molar-refractivity contribution in [3.05, 3.63) is 23.0 Å². The number of anilines is 1. The van der Waals surface area contributed by atoms with Gasteiger partial charge >= 0.3 is 5.97 Å². The minimum atomic E-state index is -0.387. The quantitative estimate of drug-likeness (QED) is 0.650. The van der Waals surface area contributed by atoms with Gasteiger partial charge in [-0.3, -0.25) is 0 Å². The van der Waals surface area contributed by atoms with Gasteiger partial charge in [-0.25, -0.2) is 9.78 Å². The summed E-state index contributed by atoms with van der Waals surface area (Å²) in [7, 11) is 0. The van der Waals surface area contributed by atoms with Crippen molar-refractivity contribution in [3.63, 3.8) is 0 Å². The van der Waals surface area contributed by atoms with E-state index in [0.717, 1.165) is 6.42 Å². The van der Waals surface area contributed by atoms with Crippen molar-refractivity contribution in [1.82, 2.24) is 4.98 Å². The van der Waals surface area contributed by atoms with Crippen LogP contribution in [-0.4, -0.2) is 23.6 Å². The zero-order valence-electron chi connectivity index (χ0n) is 10.3. The maximum Gasteiger partial charge on any atom is 0.341 e. The average molecular weight is 257 g/mol. The van der Waals surface area contributed by atoms with Crippen LogP contribution in [0, 0.1) is 0 Å². The topological polar surface area (TPSA) is 51.2 Å². The lowest BCUT2D eigenvalue weighted by atomic mass is 10.2. The van der Waals surface area contributed by atoms with Gasteiger partial charge in [0.2, 0.25) is 0 Å². The number of halogens is 1. The van der Waals surface area contributed by atoms with E-state index < -0.39 is 0 Å². The summed E-state index contributed by atoms with van der Waals surface area (Å²) in [4.78, 5) is 15.6. The third-order valence-electron chi connectivity index (χ3n) is 2.38. The molecular weight excluding hydrogens is 240 g/mol. The summed E-state index contributed by atoms with van der Waals surface area (Å²) >= 11 is 5.82. The van der Waals surface area contributed by atoms with Gasteiger partial charge in [0.05, 0.1) is 12.3 Å². The normalized spacial score (nSPS) is 12.0. The van der Waals surface area contributed by atoms with Crippen LogP contribution in [0.25, 0.3) is 0 Å². The van der Waals surface area contributed by atoms with Crippen molar-refractivity contribution in [3.8, 4) is 0 Å². The van der Waals surface area contributed by atoms with Crippen molar-refractivity contribution < 1.29 is 9.53 Å². The van der Waals surface area contributed by atoms with Gasteiger partial charge in [0.1, 0.15) is 10.7 Å². The molecule has 1 N–H and O–H groups in total. The highest BCUT2D eigenvalue weighted by Crippen LogP contribution is 2.21. The molecule has 0 saturated heterocycles. The van der Waals surface area contributed by atoms with Crippen LogP contribution in [0.5, 0.6) is 0 Å². The predicted octanol–water partition coefficient (Wildman–Crippen LogP) is 3.12. The van der Waals surface area contributed by atoms with Crippen molar-refractivity contribution >= 4 is 23.3 Å². The number of aromatic nitrogens is 1. The summed E-state index contributed by atoms with van der Waals surface area (Å²) < 4.78 is 4.96. The van der Waals surface area contributed by atoms with Gasteiger partial charge in [0.15, 0.2) is 0 Å². The van der Waals surface area contributed by atoms with Gasteiger partial charge in [-0.15, -0.1) is 0 Å². The first-order chi connectivity index (χ1) is 8.08. The van der Waals surface area contributed by atoms with Gasteiger partial charge < -0.3 is 10.1 Å². The fraction of sp³-hybridized carbons (Fsp3) is 0.500. The van der Waals surface area contributed by atoms with Crippen LogP contribution < -0.4 is 5.32 Å². The Bertz CT molecular complexity index is 396. The number of hydrogen-bond acceptors (Lipinski definition) is 4. The van der Waals surface area contributed by atoms with Crippen molar-refractivity contribution in [1.29, 1.82) is 0 Å². The standard InChI is InChI=1S/C12H17ClN2O2/c1-4-8(3)15-10-6-11(13)14-7-9(10)12(16)17-5-2/h6-8H,4-5H2,1-3H3,(H,14,15)/t8-/m1/s1. The number of pyridine rings is 1. The van der Waals surface area contributed by atoms with Gasteiger partial charge in [0.25, 0.3) is 0 Å². The molecule has 0 unspecified atom stereocenters. The molecule has 0 aliphatic rings. The van der Waals surface area contributed by atoms with E-state index in [-0.39, 0.29) is 12.0 Å². The smallest absolute Gasteiger partial charge is 0.341 e. The summed E-state index contributed by atoms with van der Waals surface area (Å²) in [6, 6.07) is 1.89. The number of nitrogens with one attached hydrogen (secondary N) is 1. The summed E-state index contributed by atoms with van der Waals surface area (Å²) in [5.74, 6) is -0.387. The Kier molecular flexibility index (Phi) is 5.22. The van der Waals surface area contributed by atoms with Gasteiger partial charge in [-0.05, 0) is 26.3 Å². The van der Waals surface area contributed by atoms with Crippen molar-refractivity contribution in [2.45, 2.75) is 33.2 Å². The van der Waals surface area contributed by atoms with Crippen LogP contribution in [0.2, 0.25) is 5.15 Å². The summed E-state index contributed by atoms with van der Waals surface area (Å²) in [5, 5.41) is 3.57. The van der Waals surface area contributed by atoms with Crippen LogP contribution in [0.1, 0.15) is 37.6 Å². The lowest BCUT2D eigenvalue weighted by Crippen LogP contribution is -2.17. The van der Waals surface area contributed by atoms with E-state index in [1.54, 1.807) is 13.0 Å². The Morgan fingerprint density at radius 2 is 2.29 bits per heavy atom. The monoisotopic (exact) mass is 256 g/mol. The van der Waals surface area contributed by atoms with Gasteiger partial charge in [-0.2, -0.15) is 0 Å². The Morgan fingerprint density at radius 1 is 1.59 bits per heavy atom. The molecule has 1 heterocycles. The second-order valence-corrected chi connectivity index (χ2v) is 4.11. The molecule has 5 heteroatoms. The SMILES string of the molecule is CCOC(=O)c1cnc(Cl)cc1N[C@H](C)CC. The van der Waals surface area contributed by atoms with Crippen LogP contribution in [-0.2, 0) is 4.74 Å². The number of esters is 1. The van der Waals surface area contributed by atoms with Crippen LogP contribution >= 0.6 is 11.6 Å². The van der Waals surface area contributed by atoms with E-state index in [1.807, 2.05) is 6.92 Å². The highest BCUT2D eigenvalue weighted by molar-refractivity contribution is 6.29. The number of carbonyl (C=O) groups excluding carboxylic acids is 1. The zero-order chi connectivity index (χ0) is 12.8. The number of ether oxygens (including phenoxy) is 1. The highest BCUT2D eigenvalue weighted by Gasteiger charge is 2.14. The molecule has 4 nitrogen and oxygen atoms in total. The molecule has 0 fully saturated rings. The molecule has 0 bridgehead atoms. The molecule has 0 aliphatic heterocycles. The van der Waals surface area contributed by atoms with E-state index >= 15 is 0 Å². The van der Waals surface area contributed by atoms with Crippen LogP contribution in [0.3, 0.4) is 0 Å². The number of nitrogens with zero attached hydrogens (tertiary/aromatic N) is 1. The molecule has 0 aliphatic carbocycles. The first kappa shape index (κ1) is 13.8.